The zero-order valence-corrected chi connectivity index (χ0v) is 7.06. The molecule has 1 aromatic carbocycles. The maximum absolute atomic E-state index is 9.05. The third-order valence-corrected chi connectivity index (χ3v) is 0.700. The van der Waals surface area contributed by atoms with Crippen LogP contribution in [0.2, 0.25) is 0 Å². The average Bonchev–Trinajstić information content (AvgIpc) is 2.43. The average molecular weight is 177 g/mol. The molecule has 0 heterocycles. The van der Waals surface area contributed by atoms with E-state index in [9.17, 15) is 0 Å². The van der Waals surface area contributed by atoms with Crippen LogP contribution in [0.5, 0.6) is 0 Å². The predicted molar refractivity (Wildman–Crippen MR) is 38.0 cm³/mol. The van der Waals surface area contributed by atoms with Gasteiger partial charge in [0.1, 0.15) is 0 Å². The van der Waals surface area contributed by atoms with Crippen molar-refractivity contribution in [3.8, 4) is 0 Å². The van der Waals surface area contributed by atoms with Crippen molar-refractivity contribution in [3.63, 3.8) is 0 Å². The molecule has 0 atom stereocenters. The topological polar surface area (TPSA) is 17.1 Å². The number of rotatable bonds is 1. The van der Waals surface area contributed by atoms with Gasteiger partial charge >= 0.3 is 17.1 Å². The molecule has 0 spiro atoms. The molecule has 1 nitrogen and oxygen atoms in total. The molecule has 0 saturated heterocycles. The summed E-state index contributed by atoms with van der Waals surface area (Å²) in [5.74, 6) is 0. The largest absolute Gasteiger partial charge is 2.00 e. The molecular weight excluding hydrogens is 167 g/mol. The molecule has 0 aliphatic carbocycles. The van der Waals surface area contributed by atoms with Gasteiger partial charge in [0, 0.05) is 0 Å². The maximum atomic E-state index is 9.05. The fourth-order valence-corrected chi connectivity index (χ4v) is 0.321. The summed E-state index contributed by atoms with van der Waals surface area (Å²) >= 11 is 0. The first kappa shape index (κ1) is 12.2. The van der Waals surface area contributed by atoms with E-state index in [2.05, 4.69) is 0 Å². The maximum Gasteiger partial charge on any atom is 2.00 e. The van der Waals surface area contributed by atoms with Gasteiger partial charge in [-0.1, -0.05) is 6.92 Å². The van der Waals surface area contributed by atoms with E-state index in [0.717, 1.165) is 0 Å². The van der Waals surface area contributed by atoms with Crippen LogP contribution in [0.25, 0.3) is 0 Å². The van der Waals surface area contributed by atoms with Crippen molar-refractivity contribution < 1.29 is 21.9 Å². The van der Waals surface area contributed by atoms with Crippen LogP contribution in [0.3, 0.4) is 0 Å². The molecule has 1 rings (SSSR count). The van der Waals surface area contributed by atoms with Crippen molar-refractivity contribution in [1.29, 1.82) is 0 Å². The Morgan fingerprint density at radius 3 is 1.90 bits per heavy atom. The Morgan fingerprint density at radius 2 is 1.80 bits per heavy atom. The predicted octanol–water partition coefficient (Wildman–Crippen LogP) is 1.91. The third kappa shape index (κ3) is 10.5. The summed E-state index contributed by atoms with van der Waals surface area (Å²) in [4.78, 5) is 9.05. The Morgan fingerprint density at radius 1 is 1.40 bits per heavy atom. The zero-order valence-electron chi connectivity index (χ0n) is 5.88. The van der Waals surface area contributed by atoms with Crippen molar-refractivity contribution in [3.05, 3.63) is 30.3 Å². The van der Waals surface area contributed by atoms with Crippen LogP contribution >= 0.6 is 0 Å². The Balaban J connectivity index is 0. The van der Waals surface area contributed by atoms with Crippen molar-refractivity contribution in [2.75, 3.05) is 0 Å². The quantitative estimate of drug-likeness (QED) is 0.473. The van der Waals surface area contributed by atoms with Gasteiger partial charge in [0.05, 0.1) is 0 Å². The van der Waals surface area contributed by atoms with Crippen LogP contribution in [-0.2, 0) is 21.9 Å². The van der Waals surface area contributed by atoms with Crippen molar-refractivity contribution in [1.82, 2.24) is 0 Å². The first-order valence-electron chi connectivity index (χ1n) is 2.93. The van der Waals surface area contributed by atoms with E-state index in [-0.39, 0.29) is 17.1 Å². The van der Waals surface area contributed by atoms with Gasteiger partial charge in [-0.15, -0.1) is 0 Å². The molecule has 0 aliphatic heterocycles. The first-order chi connectivity index (χ1) is 4.41. The van der Waals surface area contributed by atoms with E-state index >= 15 is 0 Å². The molecule has 0 aliphatic rings. The number of carbonyl (C=O) groups excluding carboxylic acids is 1. The first-order valence-corrected chi connectivity index (χ1v) is 2.93. The van der Waals surface area contributed by atoms with Crippen LogP contribution in [0.1, 0.15) is 13.3 Å². The van der Waals surface area contributed by atoms with Crippen LogP contribution in [0.15, 0.2) is 30.3 Å². The summed E-state index contributed by atoms with van der Waals surface area (Å²) in [5, 5.41) is 0. The Bertz CT molecular complexity index is 107. The molecule has 0 unspecified atom stereocenters. The second-order valence-corrected chi connectivity index (χ2v) is 1.46. The van der Waals surface area contributed by atoms with Gasteiger partial charge in [0.2, 0.25) is 0 Å². The van der Waals surface area contributed by atoms with Gasteiger partial charge in [-0.3, -0.25) is 6.29 Å². The van der Waals surface area contributed by atoms with Crippen molar-refractivity contribution in [2.24, 2.45) is 0 Å². The van der Waals surface area contributed by atoms with Crippen molar-refractivity contribution >= 4 is 6.29 Å². The molecule has 0 fully saturated rings. The summed E-state index contributed by atoms with van der Waals surface area (Å²) in [6.45, 7) is 1.76. The summed E-state index contributed by atoms with van der Waals surface area (Å²) in [6.07, 6.45) is 2.19. The minimum absolute atomic E-state index is 0. The van der Waals surface area contributed by atoms with Crippen molar-refractivity contribution in [2.45, 2.75) is 13.3 Å². The molecule has 2 heteroatoms. The fraction of sp³-hybridized carbons (Fsp3) is 0.250. The second-order valence-electron chi connectivity index (χ2n) is 1.46. The van der Waals surface area contributed by atoms with Gasteiger partial charge in [0.15, 0.2) is 0 Å². The van der Waals surface area contributed by atoms with Gasteiger partial charge < -0.3 is 4.79 Å². The molecule has 0 bridgehead atoms. The van der Waals surface area contributed by atoms with Gasteiger partial charge in [-0.05, 0) is 0 Å². The van der Waals surface area contributed by atoms with Crippen LogP contribution in [-0.4, -0.2) is 6.29 Å². The van der Waals surface area contributed by atoms with Crippen LogP contribution < -0.4 is 0 Å². The van der Waals surface area contributed by atoms with Gasteiger partial charge in [-0.2, -0.15) is 24.6 Å². The summed E-state index contributed by atoms with van der Waals surface area (Å²) in [6, 6.07) is 10.0. The molecule has 0 saturated carbocycles. The molecule has 0 N–H and O–H groups in total. The standard InChI is InChI=1S/C5H5.C3H5O.Mn/c1-2-4-5-3-1;1-2-3-4;/h1-5H;2H2,1H3;/q2*-1;+2. The summed E-state index contributed by atoms with van der Waals surface area (Å²) < 4.78 is 0. The number of hydrogen-bond acceptors (Lipinski definition) is 1. The Hall–Kier alpha value is -0.461. The molecule has 0 aromatic heterocycles. The smallest absolute Gasteiger partial charge is 0.542 e. The normalized spacial score (nSPS) is 6.50. The number of hydrogen-bond donors (Lipinski definition) is 0. The van der Waals surface area contributed by atoms with E-state index in [1.165, 1.54) is 0 Å². The third-order valence-electron chi connectivity index (χ3n) is 0.700. The zero-order chi connectivity index (χ0) is 6.95. The minimum atomic E-state index is 0. The molecule has 55 valence electrons. The molecule has 10 heavy (non-hydrogen) atoms. The van der Waals surface area contributed by atoms with E-state index in [4.69, 9.17) is 4.79 Å². The molecular formula is C8H10MnO. The molecule has 1 aromatic rings. The SMILES string of the molecule is CC[C-]=O.[Mn+2].c1cc[cH-]c1. The Kier molecular flexibility index (Phi) is 13.9. The minimum Gasteiger partial charge on any atom is -0.542 e. The Labute approximate surface area is 72.3 Å². The van der Waals surface area contributed by atoms with Gasteiger partial charge in [0.25, 0.3) is 0 Å². The van der Waals surface area contributed by atoms with Crippen LogP contribution in [0, 0.1) is 0 Å². The van der Waals surface area contributed by atoms with E-state index < -0.39 is 0 Å². The van der Waals surface area contributed by atoms with Gasteiger partial charge in [-0.25, -0.2) is 12.1 Å². The summed E-state index contributed by atoms with van der Waals surface area (Å²) in [5.41, 5.74) is 0. The molecule has 0 amide bonds. The van der Waals surface area contributed by atoms with E-state index in [1.54, 1.807) is 13.2 Å². The monoisotopic (exact) mass is 177 g/mol. The van der Waals surface area contributed by atoms with E-state index in [0.29, 0.717) is 6.42 Å². The van der Waals surface area contributed by atoms with Crippen LogP contribution in [0.4, 0.5) is 0 Å². The summed E-state index contributed by atoms with van der Waals surface area (Å²) in [7, 11) is 0. The van der Waals surface area contributed by atoms with E-state index in [1.807, 2.05) is 30.3 Å². The fourth-order valence-electron chi connectivity index (χ4n) is 0.321. The molecule has 1 radical (unpaired) electrons. The second kappa shape index (κ2) is 11.4.